The van der Waals surface area contributed by atoms with Crippen molar-refractivity contribution in [1.29, 1.82) is 0 Å². The number of rotatable bonds is 8. The summed E-state index contributed by atoms with van der Waals surface area (Å²) < 4.78 is 12.4. The molecular formula is C16H22BrNO2. The first-order valence-corrected chi connectivity index (χ1v) is 7.85. The smallest absolute Gasteiger partial charge is 0.175 e. The highest BCUT2D eigenvalue weighted by Gasteiger charge is 2.20. The molecule has 1 aliphatic carbocycles. The van der Waals surface area contributed by atoms with Gasteiger partial charge in [0.05, 0.1) is 11.1 Å². The van der Waals surface area contributed by atoms with Crippen molar-refractivity contribution in [3.05, 3.63) is 34.3 Å². The van der Waals surface area contributed by atoms with E-state index in [1.165, 1.54) is 18.4 Å². The second kappa shape index (κ2) is 7.14. The Bertz CT molecular complexity index is 484. The zero-order valence-electron chi connectivity index (χ0n) is 12.2. The van der Waals surface area contributed by atoms with Gasteiger partial charge in [0, 0.05) is 12.6 Å². The fraction of sp³-hybridized carbons (Fsp3) is 0.500. The topological polar surface area (TPSA) is 30.5 Å². The maximum atomic E-state index is 5.78. The minimum atomic E-state index is 0.498. The summed E-state index contributed by atoms with van der Waals surface area (Å²) in [6, 6.07) is 4.84. The molecule has 1 aromatic carbocycles. The molecule has 0 heterocycles. The molecule has 1 N–H and O–H groups in total. The van der Waals surface area contributed by atoms with E-state index >= 15 is 0 Å². The van der Waals surface area contributed by atoms with E-state index in [0.29, 0.717) is 19.3 Å². The molecule has 1 fully saturated rings. The third-order valence-corrected chi connectivity index (χ3v) is 3.59. The van der Waals surface area contributed by atoms with Crippen molar-refractivity contribution in [1.82, 2.24) is 5.32 Å². The third kappa shape index (κ3) is 4.53. The van der Waals surface area contributed by atoms with Gasteiger partial charge in [-0.25, -0.2) is 0 Å². The molecule has 20 heavy (non-hydrogen) atoms. The van der Waals surface area contributed by atoms with Crippen LogP contribution in [0.2, 0.25) is 0 Å². The van der Waals surface area contributed by atoms with Crippen molar-refractivity contribution in [2.24, 2.45) is 0 Å². The lowest BCUT2D eigenvalue weighted by molar-refractivity contribution is 0.291. The van der Waals surface area contributed by atoms with Gasteiger partial charge in [0.25, 0.3) is 0 Å². The molecule has 0 spiro atoms. The first-order valence-electron chi connectivity index (χ1n) is 7.06. The van der Waals surface area contributed by atoms with E-state index in [-0.39, 0.29) is 0 Å². The average Bonchev–Trinajstić information content (AvgIpc) is 3.19. The Kier molecular flexibility index (Phi) is 5.49. The van der Waals surface area contributed by atoms with Gasteiger partial charge in [0.1, 0.15) is 6.61 Å². The molecule has 0 saturated heterocycles. The Morgan fingerprint density at radius 3 is 2.75 bits per heavy atom. The van der Waals surface area contributed by atoms with Gasteiger partial charge in [0.2, 0.25) is 0 Å². The summed E-state index contributed by atoms with van der Waals surface area (Å²) in [5, 5.41) is 3.51. The molecule has 0 aromatic heterocycles. The number of ether oxygens (including phenoxy) is 2. The van der Waals surface area contributed by atoms with Crippen LogP contribution in [0.15, 0.2) is 28.8 Å². The molecule has 0 bridgehead atoms. The maximum Gasteiger partial charge on any atom is 0.175 e. The monoisotopic (exact) mass is 339 g/mol. The summed E-state index contributed by atoms with van der Waals surface area (Å²) in [6.45, 7) is 9.77. The number of hydrogen-bond acceptors (Lipinski definition) is 3. The van der Waals surface area contributed by atoms with E-state index in [9.17, 15) is 0 Å². The fourth-order valence-electron chi connectivity index (χ4n) is 1.87. The zero-order valence-corrected chi connectivity index (χ0v) is 13.8. The van der Waals surface area contributed by atoms with Crippen molar-refractivity contribution in [2.75, 3.05) is 13.2 Å². The summed E-state index contributed by atoms with van der Waals surface area (Å²) in [5.74, 6) is 1.54. The number of nitrogens with one attached hydrogen (secondary N) is 1. The van der Waals surface area contributed by atoms with Crippen LogP contribution in [0.4, 0.5) is 0 Å². The molecule has 1 saturated carbocycles. The Labute approximate surface area is 129 Å². The van der Waals surface area contributed by atoms with Gasteiger partial charge >= 0.3 is 0 Å². The molecule has 0 atom stereocenters. The molecular weight excluding hydrogens is 318 g/mol. The fourth-order valence-corrected chi connectivity index (χ4v) is 2.48. The molecule has 0 radical (unpaired) electrons. The van der Waals surface area contributed by atoms with Crippen LogP contribution in [0.1, 0.15) is 32.3 Å². The van der Waals surface area contributed by atoms with E-state index < -0.39 is 0 Å². The minimum Gasteiger partial charge on any atom is -0.490 e. The summed E-state index contributed by atoms with van der Waals surface area (Å²) in [4.78, 5) is 0. The van der Waals surface area contributed by atoms with Crippen molar-refractivity contribution in [3.8, 4) is 11.5 Å². The number of benzene rings is 1. The van der Waals surface area contributed by atoms with E-state index in [2.05, 4.69) is 40.0 Å². The first kappa shape index (κ1) is 15.4. The molecule has 110 valence electrons. The number of hydrogen-bond donors (Lipinski definition) is 1. The predicted octanol–water partition coefficient (Wildman–Crippen LogP) is 4.05. The lowest BCUT2D eigenvalue weighted by Crippen LogP contribution is -2.15. The molecule has 2 rings (SSSR count). The molecule has 0 aliphatic heterocycles. The average molecular weight is 340 g/mol. The van der Waals surface area contributed by atoms with E-state index in [4.69, 9.17) is 9.47 Å². The third-order valence-electron chi connectivity index (χ3n) is 3.00. The highest BCUT2D eigenvalue weighted by atomic mass is 79.9. The molecule has 1 aromatic rings. The maximum absolute atomic E-state index is 5.78. The van der Waals surface area contributed by atoms with Crippen molar-refractivity contribution < 1.29 is 9.47 Å². The summed E-state index contributed by atoms with van der Waals surface area (Å²) in [5.41, 5.74) is 2.19. The Morgan fingerprint density at radius 1 is 1.40 bits per heavy atom. The second-order valence-corrected chi connectivity index (χ2v) is 6.09. The van der Waals surface area contributed by atoms with E-state index in [0.717, 1.165) is 28.1 Å². The van der Waals surface area contributed by atoms with Crippen LogP contribution >= 0.6 is 15.9 Å². The second-order valence-electron chi connectivity index (χ2n) is 5.24. The van der Waals surface area contributed by atoms with E-state index in [1.54, 1.807) is 0 Å². The van der Waals surface area contributed by atoms with Gasteiger partial charge in [-0.3, -0.25) is 0 Å². The van der Waals surface area contributed by atoms with Gasteiger partial charge in [-0.05, 0) is 65.9 Å². The van der Waals surface area contributed by atoms with Crippen molar-refractivity contribution >= 4 is 15.9 Å². The van der Waals surface area contributed by atoms with Gasteiger partial charge in [-0.15, -0.1) is 0 Å². The summed E-state index contributed by atoms with van der Waals surface area (Å²) >= 11 is 3.58. The highest BCUT2D eigenvalue weighted by molar-refractivity contribution is 9.10. The lowest BCUT2D eigenvalue weighted by Gasteiger charge is -2.15. The van der Waals surface area contributed by atoms with Crippen LogP contribution in [-0.2, 0) is 6.54 Å². The molecule has 3 nitrogen and oxygen atoms in total. The van der Waals surface area contributed by atoms with Crippen molar-refractivity contribution in [3.63, 3.8) is 0 Å². The molecule has 1 aliphatic rings. The van der Waals surface area contributed by atoms with Crippen LogP contribution in [0, 0.1) is 0 Å². The number of halogens is 1. The van der Waals surface area contributed by atoms with Crippen LogP contribution < -0.4 is 14.8 Å². The van der Waals surface area contributed by atoms with Crippen LogP contribution in [0.3, 0.4) is 0 Å². The molecule has 0 unspecified atom stereocenters. The van der Waals surface area contributed by atoms with Gasteiger partial charge in [-0.2, -0.15) is 0 Å². The Balaban J connectivity index is 2.13. The Hall–Kier alpha value is -1.00. The van der Waals surface area contributed by atoms with Gasteiger partial charge < -0.3 is 14.8 Å². The van der Waals surface area contributed by atoms with Gasteiger partial charge in [0.15, 0.2) is 11.5 Å². The van der Waals surface area contributed by atoms with Crippen LogP contribution in [0.5, 0.6) is 11.5 Å². The Morgan fingerprint density at radius 2 is 2.15 bits per heavy atom. The minimum absolute atomic E-state index is 0.498. The van der Waals surface area contributed by atoms with E-state index in [1.807, 2.05) is 13.8 Å². The summed E-state index contributed by atoms with van der Waals surface area (Å²) in [6.07, 6.45) is 2.58. The summed E-state index contributed by atoms with van der Waals surface area (Å²) in [7, 11) is 0. The largest absolute Gasteiger partial charge is 0.490 e. The lowest BCUT2D eigenvalue weighted by atomic mass is 10.2. The quantitative estimate of drug-likeness (QED) is 0.724. The zero-order chi connectivity index (χ0) is 14.5. The highest BCUT2D eigenvalue weighted by Crippen LogP contribution is 2.37. The molecule has 0 amide bonds. The standard InChI is InChI=1S/C16H22BrNO2/c1-4-19-15-8-12(9-18-13-5-6-13)7-14(17)16(15)20-10-11(2)3/h7-8,13,18H,2,4-6,9-10H2,1,3H3. The van der Waals surface area contributed by atoms with Gasteiger partial charge in [-0.1, -0.05) is 6.58 Å². The first-order chi connectivity index (χ1) is 9.60. The normalized spacial score (nSPS) is 14.2. The van der Waals surface area contributed by atoms with Crippen LogP contribution in [0.25, 0.3) is 0 Å². The SMILES string of the molecule is C=C(C)COc1c(Br)cc(CNC2CC2)cc1OCC. The van der Waals surface area contributed by atoms with Crippen molar-refractivity contribution in [2.45, 2.75) is 39.3 Å². The van der Waals surface area contributed by atoms with Crippen LogP contribution in [-0.4, -0.2) is 19.3 Å². The molecule has 4 heteroatoms. The predicted molar refractivity (Wildman–Crippen MR) is 85.5 cm³/mol.